The van der Waals surface area contributed by atoms with Crippen molar-refractivity contribution in [1.82, 2.24) is 0 Å². The van der Waals surface area contributed by atoms with Gasteiger partial charge in [0.2, 0.25) is 18.7 Å². The molecule has 0 spiro atoms. The maximum atomic E-state index is 10.8. The highest BCUT2D eigenvalue weighted by atomic mass is 16.5. The Bertz CT molecular complexity index is 168. The fourth-order valence-electron chi connectivity index (χ4n) is 1.42. The largest absolute Gasteiger partial charge is 0.520 e. The van der Waals surface area contributed by atoms with E-state index in [0.717, 1.165) is 0 Å². The molecule has 13 heavy (non-hydrogen) atoms. The van der Waals surface area contributed by atoms with Crippen molar-refractivity contribution in [3.8, 4) is 0 Å². The molecule has 3 atom stereocenters. The Labute approximate surface area is 76.2 Å². The summed E-state index contributed by atoms with van der Waals surface area (Å²) in [6.07, 6.45) is -5.65. The predicted octanol–water partition coefficient (Wildman–Crippen LogP) is -0.504. The minimum absolute atomic E-state index is 1.19. The number of hydrogen-bond acceptors (Lipinski definition) is 4. The summed E-state index contributed by atoms with van der Waals surface area (Å²) in [5.41, 5.74) is 0. The number of aliphatic hydroxyl groups excluding tert-OH is 3. The topological polar surface area (TPSA) is 98.0 Å². The lowest BCUT2D eigenvalue weighted by Gasteiger charge is -2.39. The number of rotatable bonds is 3. The van der Waals surface area contributed by atoms with Crippen molar-refractivity contribution in [3.63, 3.8) is 0 Å². The molecule has 78 valence electrons. The Kier molecular flexibility index (Phi) is 3.80. The second-order valence-corrected chi connectivity index (χ2v) is 3.01. The van der Waals surface area contributed by atoms with Crippen molar-refractivity contribution in [1.29, 1.82) is 0 Å². The summed E-state index contributed by atoms with van der Waals surface area (Å²) >= 11 is 0. The van der Waals surface area contributed by atoms with Gasteiger partial charge in [-0.15, -0.1) is 4.48 Å². The van der Waals surface area contributed by atoms with Crippen molar-refractivity contribution in [2.75, 3.05) is 0 Å². The van der Waals surface area contributed by atoms with Crippen LogP contribution in [0.15, 0.2) is 0 Å². The summed E-state index contributed by atoms with van der Waals surface area (Å²) in [4.78, 5) is 10.8. The van der Waals surface area contributed by atoms with E-state index in [1.54, 1.807) is 0 Å². The van der Waals surface area contributed by atoms with Crippen molar-refractivity contribution in [3.05, 3.63) is 0 Å². The molecule has 0 aliphatic heterocycles. The summed E-state index contributed by atoms with van der Waals surface area (Å²) < 4.78 is -1.19. The zero-order chi connectivity index (χ0) is 10.8. The van der Waals surface area contributed by atoms with Crippen LogP contribution in [0.25, 0.3) is 0 Å². The minimum Gasteiger partial charge on any atom is -0.435 e. The van der Waals surface area contributed by atoms with Crippen molar-refractivity contribution >= 4 is 6.09 Å². The number of nitrogens with zero attached hydrogens (tertiary/aromatic N) is 1. The molecule has 0 fully saturated rings. The summed E-state index contributed by atoms with van der Waals surface area (Å²) in [7, 11) is 0. The van der Waals surface area contributed by atoms with E-state index in [0.29, 0.717) is 0 Å². The second kappa shape index (κ2) is 4.01. The third kappa shape index (κ3) is 1.80. The Morgan fingerprint density at radius 2 is 1.23 bits per heavy atom. The van der Waals surface area contributed by atoms with Crippen LogP contribution in [0.5, 0.6) is 0 Å². The van der Waals surface area contributed by atoms with E-state index < -0.39 is 29.3 Å². The van der Waals surface area contributed by atoms with Crippen LogP contribution in [0, 0.1) is 0 Å². The summed E-state index contributed by atoms with van der Waals surface area (Å²) in [6, 6.07) is 0. The molecule has 6 nitrogen and oxygen atoms in total. The predicted molar refractivity (Wildman–Crippen MR) is 43.3 cm³/mol. The van der Waals surface area contributed by atoms with E-state index in [-0.39, 0.29) is 0 Å². The second-order valence-electron chi connectivity index (χ2n) is 3.01. The third-order valence-electron chi connectivity index (χ3n) is 2.19. The molecule has 0 saturated heterocycles. The number of carbonyl (C=O) groups is 1. The Balaban J connectivity index is 5.19. The van der Waals surface area contributed by atoms with Crippen molar-refractivity contribution in [2.24, 2.45) is 0 Å². The number of amides is 1. The quantitative estimate of drug-likeness (QED) is 0.358. The van der Waals surface area contributed by atoms with Crippen LogP contribution in [0.2, 0.25) is 0 Å². The Morgan fingerprint density at radius 3 is 1.23 bits per heavy atom. The third-order valence-corrected chi connectivity index (χ3v) is 2.19. The van der Waals surface area contributed by atoms with Gasteiger partial charge in [0, 0.05) is 20.8 Å². The molecule has 1 amide bonds. The normalized spacial score (nSPS) is 22.9. The number of carboxylic acid groups (broad SMARTS) is 1. The average Bonchev–Trinajstić information content (AvgIpc) is 1.82. The molecule has 0 aliphatic carbocycles. The van der Waals surface area contributed by atoms with Crippen LogP contribution >= 0.6 is 0 Å². The minimum atomic E-state index is -1.47. The van der Waals surface area contributed by atoms with E-state index in [9.17, 15) is 20.1 Å². The molecule has 3 unspecified atom stereocenters. The van der Waals surface area contributed by atoms with Crippen LogP contribution in [0.3, 0.4) is 0 Å². The van der Waals surface area contributed by atoms with Gasteiger partial charge in [-0.25, -0.2) is 0 Å². The highest BCUT2D eigenvalue weighted by molar-refractivity contribution is 5.57. The fourth-order valence-corrected chi connectivity index (χ4v) is 1.42. The highest BCUT2D eigenvalue weighted by Gasteiger charge is 2.50. The summed E-state index contributed by atoms with van der Waals surface area (Å²) in [5, 5.41) is 36.6. The lowest BCUT2D eigenvalue weighted by atomic mass is 10.3. The average molecular weight is 194 g/mol. The first kappa shape index (κ1) is 12.3. The molecule has 0 radical (unpaired) electrons. The molecule has 0 aromatic carbocycles. The smallest absolute Gasteiger partial charge is 0.435 e. The first-order valence-electron chi connectivity index (χ1n) is 3.93. The molecule has 0 aliphatic rings. The van der Waals surface area contributed by atoms with Gasteiger partial charge >= 0.3 is 6.09 Å². The molecular formula is C7H16NO5+. The molecule has 0 saturated carbocycles. The first-order chi connectivity index (χ1) is 5.77. The SMILES string of the molecule is CC(O)[N+](C(=O)O)(C(C)O)C(C)O. The molecule has 0 rings (SSSR count). The van der Waals surface area contributed by atoms with E-state index >= 15 is 0 Å². The lowest BCUT2D eigenvalue weighted by molar-refractivity contribution is -0.980. The van der Waals surface area contributed by atoms with Gasteiger partial charge in [-0.1, -0.05) is 0 Å². The van der Waals surface area contributed by atoms with Crippen LogP contribution in [0.4, 0.5) is 4.79 Å². The molecule has 0 aromatic rings. The number of hydrogen-bond donors (Lipinski definition) is 4. The highest BCUT2D eigenvalue weighted by Crippen LogP contribution is 2.21. The zero-order valence-electron chi connectivity index (χ0n) is 7.88. The van der Waals surface area contributed by atoms with Gasteiger partial charge in [0.15, 0.2) is 0 Å². The van der Waals surface area contributed by atoms with Crippen LogP contribution in [-0.4, -0.2) is 49.7 Å². The van der Waals surface area contributed by atoms with Crippen molar-refractivity contribution in [2.45, 2.75) is 39.5 Å². The van der Waals surface area contributed by atoms with E-state index in [4.69, 9.17) is 5.11 Å². The molecule has 6 heteroatoms. The molecular weight excluding hydrogens is 178 g/mol. The standard InChI is InChI=1S/C7H15NO5/c1-4(9)8(5(2)10,6(3)11)7(12)13/h4-6,9-11H,1-3H3/p+1. The molecule has 0 bridgehead atoms. The van der Waals surface area contributed by atoms with Gasteiger partial charge in [-0.3, -0.25) is 0 Å². The summed E-state index contributed by atoms with van der Waals surface area (Å²) in [6.45, 7) is 3.61. The van der Waals surface area contributed by atoms with E-state index in [1.165, 1.54) is 20.8 Å². The molecule has 0 aromatic heterocycles. The van der Waals surface area contributed by atoms with Gasteiger partial charge in [0.25, 0.3) is 0 Å². The Morgan fingerprint density at radius 1 is 1.00 bits per heavy atom. The molecule has 4 N–H and O–H groups in total. The first-order valence-corrected chi connectivity index (χ1v) is 3.93. The van der Waals surface area contributed by atoms with Gasteiger partial charge in [-0.2, -0.15) is 4.79 Å². The molecule has 0 heterocycles. The van der Waals surface area contributed by atoms with Gasteiger partial charge < -0.3 is 20.4 Å². The van der Waals surface area contributed by atoms with E-state index in [2.05, 4.69) is 0 Å². The fraction of sp³-hybridized carbons (Fsp3) is 0.857. The number of aliphatic hydroxyl groups is 3. The van der Waals surface area contributed by atoms with Crippen LogP contribution in [-0.2, 0) is 0 Å². The number of quaternary nitrogens is 1. The maximum absolute atomic E-state index is 10.8. The summed E-state index contributed by atoms with van der Waals surface area (Å²) in [5.74, 6) is 0. The van der Waals surface area contributed by atoms with Crippen LogP contribution < -0.4 is 0 Å². The van der Waals surface area contributed by atoms with Crippen LogP contribution in [0.1, 0.15) is 20.8 Å². The van der Waals surface area contributed by atoms with Gasteiger partial charge in [-0.05, 0) is 0 Å². The lowest BCUT2D eigenvalue weighted by Crippen LogP contribution is -2.67. The maximum Gasteiger partial charge on any atom is 0.520 e. The van der Waals surface area contributed by atoms with Gasteiger partial charge in [0.05, 0.1) is 0 Å². The van der Waals surface area contributed by atoms with E-state index in [1.807, 2.05) is 0 Å². The van der Waals surface area contributed by atoms with Crippen molar-refractivity contribution < 1.29 is 29.7 Å². The monoisotopic (exact) mass is 194 g/mol. The Hall–Kier alpha value is -0.690. The zero-order valence-corrected chi connectivity index (χ0v) is 7.88. The van der Waals surface area contributed by atoms with Gasteiger partial charge in [0.1, 0.15) is 0 Å².